The van der Waals surface area contributed by atoms with Gasteiger partial charge in [0.15, 0.2) is 11.4 Å². The molecule has 0 amide bonds. The Morgan fingerprint density at radius 2 is 2.30 bits per heavy atom. The molecule has 0 aliphatic heterocycles. The third-order valence-corrected chi connectivity index (χ3v) is 5.16. The van der Waals surface area contributed by atoms with E-state index >= 15 is 0 Å². The van der Waals surface area contributed by atoms with E-state index in [2.05, 4.69) is 31.2 Å². The summed E-state index contributed by atoms with van der Waals surface area (Å²) in [5.74, 6) is 1.19. The molecule has 4 nitrogen and oxygen atoms in total. The molecule has 122 valence electrons. The van der Waals surface area contributed by atoms with Gasteiger partial charge in [-0.15, -0.1) is 11.3 Å². The fraction of sp³-hybridized carbons (Fsp3) is 0.333. The number of anilines is 1. The summed E-state index contributed by atoms with van der Waals surface area (Å²) in [6.07, 6.45) is -0.0186. The quantitative estimate of drug-likeness (QED) is 0.529. The molecule has 0 bridgehead atoms. The van der Waals surface area contributed by atoms with Crippen LogP contribution in [0.4, 0.5) is 10.2 Å². The van der Waals surface area contributed by atoms with Crippen LogP contribution in [-0.2, 0) is 13.0 Å². The van der Waals surface area contributed by atoms with Crippen molar-refractivity contribution < 1.29 is 8.81 Å². The summed E-state index contributed by atoms with van der Waals surface area (Å²) in [4.78, 5) is 9.59. The summed E-state index contributed by atoms with van der Waals surface area (Å²) in [7, 11) is 0. The van der Waals surface area contributed by atoms with Crippen LogP contribution in [0.1, 0.15) is 24.0 Å². The van der Waals surface area contributed by atoms with Gasteiger partial charge in [-0.2, -0.15) is 4.98 Å². The minimum atomic E-state index is -0.888. The molecular weight excluding hydrogens is 405 g/mol. The number of nitrogens with one attached hydrogen (secondary N) is 1. The molecule has 0 fully saturated rings. The Hall–Kier alpha value is -1.18. The summed E-state index contributed by atoms with van der Waals surface area (Å²) in [5.41, 5.74) is 1.12. The lowest BCUT2D eigenvalue weighted by molar-refractivity contribution is 0.333. The number of hydrogen-bond acceptors (Lipinski definition) is 5. The van der Waals surface area contributed by atoms with Crippen LogP contribution in [0.5, 0.6) is 0 Å². The number of halogens is 3. The van der Waals surface area contributed by atoms with E-state index in [9.17, 15) is 4.39 Å². The van der Waals surface area contributed by atoms with Crippen molar-refractivity contribution in [3.8, 4) is 0 Å². The van der Waals surface area contributed by atoms with Crippen LogP contribution in [0.2, 0.25) is 5.28 Å². The molecule has 1 N–H and O–H groups in total. The van der Waals surface area contributed by atoms with Crippen molar-refractivity contribution >= 4 is 55.8 Å². The van der Waals surface area contributed by atoms with Crippen LogP contribution in [0.25, 0.3) is 11.1 Å². The van der Waals surface area contributed by atoms with Crippen LogP contribution in [0, 0.1) is 0 Å². The number of thiophene rings is 1. The second-order valence-corrected chi connectivity index (χ2v) is 7.27. The molecule has 0 aliphatic carbocycles. The number of aryl methyl sites for hydroxylation is 1. The second-order valence-electron chi connectivity index (χ2n) is 5.11. The predicted octanol–water partition coefficient (Wildman–Crippen LogP) is 5.60. The Bertz CT molecular complexity index is 807. The van der Waals surface area contributed by atoms with E-state index in [1.807, 2.05) is 17.5 Å². The molecule has 0 aromatic carbocycles. The third kappa shape index (κ3) is 3.84. The zero-order valence-electron chi connectivity index (χ0n) is 12.3. The SMILES string of the molecule is C[C@H](F)CCc1oc2c(NCc3cccs3)nc(Cl)nc2c1Br. The van der Waals surface area contributed by atoms with Crippen molar-refractivity contribution in [2.75, 3.05) is 5.32 Å². The molecule has 0 aliphatic rings. The summed E-state index contributed by atoms with van der Waals surface area (Å²) in [6.45, 7) is 2.15. The molecule has 3 aromatic rings. The molecule has 1 atom stereocenters. The standard InChI is InChI=1S/C15H14BrClFN3OS/c1-8(18)4-5-10-11(16)12-13(22-10)14(21-15(17)20-12)19-7-9-3-2-6-23-9/h2-3,6,8H,4-5,7H2,1H3,(H,19,20,21)/t8-/m0/s1. The average molecular weight is 419 g/mol. The number of hydrogen-bond donors (Lipinski definition) is 1. The Kier molecular flexibility index (Phi) is 5.18. The third-order valence-electron chi connectivity index (χ3n) is 3.30. The first-order chi connectivity index (χ1) is 11.0. The van der Waals surface area contributed by atoms with E-state index in [-0.39, 0.29) is 5.28 Å². The fourth-order valence-corrected chi connectivity index (χ4v) is 3.52. The van der Waals surface area contributed by atoms with Gasteiger partial charge in [0.25, 0.3) is 0 Å². The number of furan rings is 1. The van der Waals surface area contributed by atoms with E-state index in [4.69, 9.17) is 16.0 Å². The van der Waals surface area contributed by atoms with E-state index in [1.54, 1.807) is 11.3 Å². The van der Waals surface area contributed by atoms with Gasteiger partial charge < -0.3 is 9.73 Å². The highest BCUT2D eigenvalue weighted by molar-refractivity contribution is 9.10. The fourth-order valence-electron chi connectivity index (χ4n) is 2.16. The molecule has 0 unspecified atom stereocenters. The first-order valence-electron chi connectivity index (χ1n) is 7.09. The molecule has 3 rings (SSSR count). The van der Waals surface area contributed by atoms with Gasteiger partial charge in [0.2, 0.25) is 5.28 Å². The van der Waals surface area contributed by atoms with E-state index in [0.29, 0.717) is 46.5 Å². The highest BCUT2D eigenvalue weighted by Gasteiger charge is 2.19. The van der Waals surface area contributed by atoms with Gasteiger partial charge >= 0.3 is 0 Å². The van der Waals surface area contributed by atoms with Gasteiger partial charge in [-0.1, -0.05) is 6.07 Å². The smallest absolute Gasteiger partial charge is 0.225 e. The molecule has 0 radical (unpaired) electrons. The first-order valence-corrected chi connectivity index (χ1v) is 9.14. The average Bonchev–Trinajstić information content (AvgIpc) is 3.12. The van der Waals surface area contributed by atoms with Gasteiger partial charge in [0.05, 0.1) is 17.2 Å². The number of aromatic nitrogens is 2. The minimum absolute atomic E-state index is 0.137. The molecule has 0 saturated carbocycles. The van der Waals surface area contributed by atoms with Crippen LogP contribution in [0.15, 0.2) is 26.4 Å². The number of fused-ring (bicyclic) bond motifs is 1. The Morgan fingerprint density at radius 3 is 3.00 bits per heavy atom. The minimum Gasteiger partial charge on any atom is -0.454 e. The largest absolute Gasteiger partial charge is 0.454 e. The van der Waals surface area contributed by atoms with Crippen molar-refractivity contribution in [1.82, 2.24) is 9.97 Å². The summed E-state index contributed by atoms with van der Waals surface area (Å²) < 4.78 is 19.6. The molecule has 8 heteroatoms. The molecule has 3 heterocycles. The lowest BCUT2D eigenvalue weighted by atomic mass is 10.2. The zero-order chi connectivity index (χ0) is 16.4. The van der Waals surface area contributed by atoms with Crippen molar-refractivity contribution in [3.05, 3.63) is 37.9 Å². The lowest BCUT2D eigenvalue weighted by Crippen LogP contribution is -2.01. The highest BCUT2D eigenvalue weighted by atomic mass is 79.9. The molecule has 0 spiro atoms. The number of rotatable bonds is 6. The van der Waals surface area contributed by atoms with Crippen molar-refractivity contribution in [2.24, 2.45) is 0 Å². The maximum Gasteiger partial charge on any atom is 0.225 e. The normalized spacial score (nSPS) is 12.7. The van der Waals surface area contributed by atoms with Crippen LogP contribution in [0.3, 0.4) is 0 Å². The van der Waals surface area contributed by atoms with Gasteiger partial charge in [-0.3, -0.25) is 0 Å². The number of alkyl halides is 1. The highest BCUT2D eigenvalue weighted by Crippen LogP contribution is 2.35. The first kappa shape index (κ1) is 16.7. The Morgan fingerprint density at radius 1 is 1.48 bits per heavy atom. The second kappa shape index (κ2) is 7.15. The van der Waals surface area contributed by atoms with Gasteiger partial charge in [-0.05, 0) is 52.3 Å². The molecule has 23 heavy (non-hydrogen) atoms. The number of nitrogens with zero attached hydrogens (tertiary/aromatic N) is 2. The van der Waals surface area contributed by atoms with E-state index in [1.165, 1.54) is 11.8 Å². The maximum absolute atomic E-state index is 13.1. The van der Waals surface area contributed by atoms with Gasteiger partial charge in [0, 0.05) is 11.3 Å². The Balaban J connectivity index is 1.92. The van der Waals surface area contributed by atoms with Crippen molar-refractivity contribution in [1.29, 1.82) is 0 Å². The zero-order valence-corrected chi connectivity index (χ0v) is 15.4. The van der Waals surface area contributed by atoms with Crippen LogP contribution in [-0.4, -0.2) is 16.1 Å². The Labute approximate surface area is 150 Å². The van der Waals surface area contributed by atoms with Gasteiger partial charge in [0.1, 0.15) is 11.3 Å². The summed E-state index contributed by atoms with van der Waals surface area (Å²) in [5, 5.41) is 5.37. The monoisotopic (exact) mass is 417 g/mol. The topological polar surface area (TPSA) is 51.0 Å². The predicted molar refractivity (Wildman–Crippen MR) is 95.1 cm³/mol. The van der Waals surface area contributed by atoms with E-state index < -0.39 is 6.17 Å². The van der Waals surface area contributed by atoms with Gasteiger partial charge in [-0.25, -0.2) is 9.37 Å². The van der Waals surface area contributed by atoms with Crippen LogP contribution >= 0.6 is 38.9 Å². The molecule has 0 saturated heterocycles. The van der Waals surface area contributed by atoms with Crippen molar-refractivity contribution in [2.45, 2.75) is 32.5 Å². The lowest BCUT2D eigenvalue weighted by Gasteiger charge is -2.04. The van der Waals surface area contributed by atoms with E-state index in [0.717, 1.165) is 0 Å². The molecule has 3 aromatic heterocycles. The summed E-state index contributed by atoms with van der Waals surface area (Å²) in [6, 6.07) is 4.02. The van der Waals surface area contributed by atoms with Crippen molar-refractivity contribution in [3.63, 3.8) is 0 Å². The maximum atomic E-state index is 13.1. The summed E-state index contributed by atoms with van der Waals surface area (Å²) >= 11 is 11.1. The molecular formula is C15H14BrClFN3OS. The van der Waals surface area contributed by atoms with Crippen LogP contribution < -0.4 is 5.32 Å².